The lowest BCUT2D eigenvalue weighted by molar-refractivity contribution is -0.147. The number of hydrogen-bond acceptors (Lipinski definition) is 7. The van der Waals surface area contributed by atoms with Crippen LogP contribution >= 0.6 is 7.82 Å². The number of esters is 1. The number of unbranched alkanes of at least 4 members (excludes halogenated alkanes) is 15. The van der Waals surface area contributed by atoms with Crippen molar-refractivity contribution in [2.24, 2.45) is 0 Å². The van der Waals surface area contributed by atoms with Gasteiger partial charge in [-0.1, -0.05) is 139 Å². The van der Waals surface area contributed by atoms with Crippen molar-refractivity contribution in [3.05, 3.63) is 60.8 Å². The molecule has 1 amide bonds. The van der Waals surface area contributed by atoms with Crippen molar-refractivity contribution in [2.75, 3.05) is 26.4 Å². The second kappa shape index (κ2) is 39.4. The summed E-state index contributed by atoms with van der Waals surface area (Å²) < 4.78 is 26.8. The lowest BCUT2D eigenvalue weighted by Crippen LogP contribution is -2.27. The number of hydrogen-bond donors (Lipinski definition) is 3. The van der Waals surface area contributed by atoms with Crippen molar-refractivity contribution in [3.63, 3.8) is 0 Å². The molecular weight excluding hydrogens is 689 g/mol. The lowest BCUT2D eigenvalue weighted by Gasteiger charge is -2.15. The summed E-state index contributed by atoms with van der Waals surface area (Å²) in [4.78, 5) is 33.8. The molecule has 10 heteroatoms. The van der Waals surface area contributed by atoms with E-state index in [1.165, 1.54) is 70.6 Å². The highest BCUT2D eigenvalue weighted by Crippen LogP contribution is 2.42. The number of aliphatic hydroxyl groups is 1. The quantitative estimate of drug-likeness (QED) is 0.0245. The molecule has 3 N–H and O–H groups in total. The van der Waals surface area contributed by atoms with Crippen LogP contribution in [0.3, 0.4) is 0 Å². The molecular formula is C43H76NO8P. The van der Waals surface area contributed by atoms with Gasteiger partial charge < -0.3 is 20.1 Å². The first-order valence-corrected chi connectivity index (χ1v) is 22.3. The fraction of sp³-hybridized carbons (Fsp3) is 0.721. The Morgan fingerprint density at radius 3 is 1.62 bits per heavy atom. The van der Waals surface area contributed by atoms with Crippen LogP contribution < -0.4 is 5.32 Å². The topological polar surface area (TPSA) is 131 Å². The number of allylic oxidation sites excluding steroid dienone is 10. The highest BCUT2D eigenvalue weighted by atomic mass is 31.2. The molecule has 0 aromatic carbocycles. The summed E-state index contributed by atoms with van der Waals surface area (Å²) in [7, 11) is -4.43. The van der Waals surface area contributed by atoms with Gasteiger partial charge in [0.15, 0.2) is 0 Å². The highest BCUT2D eigenvalue weighted by Gasteiger charge is 2.23. The third-order valence-electron chi connectivity index (χ3n) is 8.42. The summed E-state index contributed by atoms with van der Waals surface area (Å²) in [5.74, 6) is -0.586. The number of nitrogens with one attached hydrogen (secondary N) is 1. The molecule has 0 saturated heterocycles. The predicted octanol–water partition coefficient (Wildman–Crippen LogP) is 11.3. The normalized spacial score (nSPS) is 14.0. The summed E-state index contributed by atoms with van der Waals surface area (Å²) >= 11 is 0. The van der Waals surface area contributed by atoms with Gasteiger partial charge in [0.2, 0.25) is 5.91 Å². The van der Waals surface area contributed by atoms with Crippen LogP contribution in [-0.2, 0) is 27.9 Å². The smallest absolute Gasteiger partial charge is 0.463 e. The molecule has 2 atom stereocenters. The van der Waals surface area contributed by atoms with Crippen molar-refractivity contribution in [2.45, 2.75) is 174 Å². The van der Waals surface area contributed by atoms with Gasteiger partial charge in [0, 0.05) is 19.4 Å². The molecule has 2 unspecified atom stereocenters. The minimum absolute atomic E-state index is 0.0492. The SMILES string of the molecule is CCCCC/C=C\C/C=C\C/C=C\C/C=C\CCCC(=O)NCCOP(=O)(O)OCC(O)COC(=O)CCCCCCC/C=C\CCCCCCCC. The third kappa shape index (κ3) is 40.7. The number of rotatable bonds is 38. The van der Waals surface area contributed by atoms with Crippen LogP contribution in [-0.4, -0.2) is 54.3 Å². The minimum Gasteiger partial charge on any atom is -0.463 e. The Kier molecular flexibility index (Phi) is 37.7. The van der Waals surface area contributed by atoms with Crippen LogP contribution in [0.15, 0.2) is 60.8 Å². The molecule has 0 saturated carbocycles. The first-order valence-electron chi connectivity index (χ1n) is 20.8. The maximum atomic E-state index is 12.1. The molecule has 306 valence electrons. The largest absolute Gasteiger partial charge is 0.472 e. The van der Waals surface area contributed by atoms with E-state index in [0.717, 1.165) is 64.2 Å². The average Bonchev–Trinajstić information content (AvgIpc) is 3.14. The summed E-state index contributed by atoms with van der Waals surface area (Å²) in [6, 6.07) is 0. The van der Waals surface area contributed by atoms with E-state index < -0.39 is 26.5 Å². The molecule has 0 rings (SSSR count). The van der Waals surface area contributed by atoms with Crippen molar-refractivity contribution in [1.29, 1.82) is 0 Å². The minimum atomic E-state index is -4.43. The number of phosphoric acid groups is 1. The van der Waals surface area contributed by atoms with Gasteiger partial charge in [-0.2, -0.15) is 0 Å². The number of amides is 1. The Bertz CT molecular complexity index is 1050. The number of aliphatic hydroxyl groups excluding tert-OH is 1. The second-order valence-electron chi connectivity index (χ2n) is 13.6. The number of phosphoric ester groups is 1. The van der Waals surface area contributed by atoms with Crippen molar-refractivity contribution < 1.29 is 37.9 Å². The summed E-state index contributed by atoms with van der Waals surface area (Å²) in [5, 5.41) is 12.6. The Morgan fingerprint density at radius 2 is 1.04 bits per heavy atom. The van der Waals surface area contributed by atoms with E-state index in [-0.39, 0.29) is 32.1 Å². The molecule has 0 spiro atoms. The summed E-state index contributed by atoms with van der Waals surface area (Å²) in [5.41, 5.74) is 0. The van der Waals surface area contributed by atoms with Crippen LogP contribution in [0, 0.1) is 0 Å². The van der Waals surface area contributed by atoms with E-state index in [1.54, 1.807) is 0 Å². The fourth-order valence-corrected chi connectivity index (χ4v) is 6.01. The summed E-state index contributed by atoms with van der Waals surface area (Å²) in [6.45, 7) is 3.43. The molecule has 0 fully saturated rings. The molecule has 0 heterocycles. The van der Waals surface area contributed by atoms with Crippen molar-refractivity contribution >= 4 is 19.7 Å². The Morgan fingerprint density at radius 1 is 0.585 bits per heavy atom. The van der Waals surface area contributed by atoms with E-state index >= 15 is 0 Å². The molecule has 0 aliphatic heterocycles. The van der Waals surface area contributed by atoms with Crippen molar-refractivity contribution in [3.8, 4) is 0 Å². The lowest BCUT2D eigenvalue weighted by atomic mass is 10.1. The predicted molar refractivity (Wildman–Crippen MR) is 220 cm³/mol. The van der Waals surface area contributed by atoms with Gasteiger partial charge in [-0.05, 0) is 77.0 Å². The molecule has 53 heavy (non-hydrogen) atoms. The van der Waals surface area contributed by atoms with Crippen LogP contribution in [0.1, 0.15) is 168 Å². The van der Waals surface area contributed by atoms with Crippen LogP contribution in [0.4, 0.5) is 0 Å². The van der Waals surface area contributed by atoms with Gasteiger partial charge in [-0.15, -0.1) is 0 Å². The van der Waals surface area contributed by atoms with Crippen molar-refractivity contribution in [1.82, 2.24) is 5.32 Å². The molecule has 0 aliphatic carbocycles. The molecule has 9 nitrogen and oxygen atoms in total. The Labute approximate surface area is 323 Å². The third-order valence-corrected chi connectivity index (χ3v) is 9.40. The van der Waals surface area contributed by atoms with Gasteiger partial charge in [0.1, 0.15) is 12.7 Å². The summed E-state index contributed by atoms with van der Waals surface area (Å²) in [6.07, 6.45) is 45.8. The zero-order valence-corrected chi connectivity index (χ0v) is 34.3. The van der Waals surface area contributed by atoms with Crippen LogP contribution in [0.2, 0.25) is 0 Å². The van der Waals surface area contributed by atoms with Gasteiger partial charge in [-0.3, -0.25) is 18.6 Å². The molecule has 0 bridgehead atoms. The zero-order valence-electron chi connectivity index (χ0n) is 33.4. The Balaban J connectivity index is 3.71. The van der Waals surface area contributed by atoms with Gasteiger partial charge in [0.05, 0.1) is 13.2 Å². The van der Waals surface area contributed by atoms with Gasteiger partial charge >= 0.3 is 13.8 Å². The molecule has 0 aliphatic rings. The Hall–Kier alpha value is -2.29. The maximum Gasteiger partial charge on any atom is 0.472 e. The highest BCUT2D eigenvalue weighted by molar-refractivity contribution is 7.47. The van der Waals surface area contributed by atoms with Gasteiger partial charge in [0.25, 0.3) is 0 Å². The van der Waals surface area contributed by atoms with E-state index in [2.05, 4.69) is 79.9 Å². The number of carbonyl (C=O) groups excluding carboxylic acids is 2. The standard InChI is InChI=1S/C43H76NO8P/c1-3-5-7-9-11-13-15-17-19-20-22-23-25-27-29-31-33-35-42(46)44-37-38-51-53(48,49)52-40-41(45)39-50-43(47)36-34-32-30-28-26-24-21-18-16-14-12-10-8-6-4-2/h11,13,17-19,21-23,27,29,41,45H,3-10,12,14-16,20,24-26,28,30-40H2,1-2H3,(H,44,46)(H,48,49)/b13-11-,19-17-,21-18-,23-22-,29-27-. The van der Waals surface area contributed by atoms with E-state index in [9.17, 15) is 24.2 Å². The number of ether oxygens (including phenoxy) is 1. The monoisotopic (exact) mass is 766 g/mol. The first kappa shape index (κ1) is 50.7. The molecule has 0 aromatic heterocycles. The van der Waals surface area contributed by atoms with Crippen LogP contribution in [0.5, 0.6) is 0 Å². The van der Waals surface area contributed by atoms with E-state index in [4.69, 9.17) is 13.8 Å². The van der Waals surface area contributed by atoms with Gasteiger partial charge in [-0.25, -0.2) is 4.57 Å². The second-order valence-corrected chi connectivity index (χ2v) is 15.1. The number of carbonyl (C=O) groups is 2. The van der Waals surface area contributed by atoms with E-state index in [1.807, 2.05) is 0 Å². The maximum absolute atomic E-state index is 12.1. The fourth-order valence-electron chi connectivity index (χ4n) is 5.25. The molecule has 0 aromatic rings. The molecule has 0 radical (unpaired) electrons. The first-order chi connectivity index (χ1) is 25.8. The van der Waals surface area contributed by atoms with E-state index in [0.29, 0.717) is 12.8 Å². The zero-order chi connectivity index (χ0) is 38.9. The van der Waals surface area contributed by atoms with Crippen LogP contribution in [0.25, 0.3) is 0 Å². The average molecular weight is 766 g/mol.